The Morgan fingerprint density at radius 3 is 2.53 bits per heavy atom. The maximum atomic E-state index is 5.67. The van der Waals surface area contributed by atoms with Crippen LogP contribution in [-0.2, 0) is 0 Å². The molecule has 80 valence electrons. The van der Waals surface area contributed by atoms with Crippen molar-refractivity contribution in [1.29, 1.82) is 0 Å². The molecule has 0 unspecified atom stereocenters. The molecule has 0 spiro atoms. The minimum atomic E-state index is 0.539. The molecule has 0 bridgehead atoms. The fourth-order valence-electron chi connectivity index (χ4n) is 2.22. The van der Waals surface area contributed by atoms with Crippen molar-refractivity contribution in [3.8, 4) is 0 Å². The van der Waals surface area contributed by atoms with Crippen LogP contribution in [0.4, 0.5) is 0 Å². The van der Waals surface area contributed by atoms with Gasteiger partial charge in [0.25, 0.3) is 0 Å². The number of hydrogen-bond acceptors (Lipinski definition) is 2. The van der Waals surface area contributed by atoms with E-state index in [2.05, 4.69) is 23.8 Å². The van der Waals surface area contributed by atoms with Crippen LogP contribution in [0.25, 0.3) is 0 Å². The van der Waals surface area contributed by atoms with Gasteiger partial charge in [0.1, 0.15) is 7.85 Å². The van der Waals surface area contributed by atoms with Crippen LogP contribution >= 0.6 is 0 Å². The van der Waals surface area contributed by atoms with E-state index >= 15 is 0 Å². The van der Waals surface area contributed by atoms with Gasteiger partial charge < -0.3 is 4.90 Å². The smallest absolute Gasteiger partial charge is 0.118 e. The second-order valence-electron chi connectivity index (χ2n) is 4.61. The first-order valence-electron chi connectivity index (χ1n) is 5.70. The average molecular weight is 203 g/mol. The van der Waals surface area contributed by atoms with Gasteiger partial charge in [0, 0.05) is 31.5 Å². The van der Waals surface area contributed by atoms with Gasteiger partial charge in [-0.25, -0.2) is 0 Å². The van der Waals surface area contributed by atoms with Crippen molar-refractivity contribution in [3.05, 3.63) is 12.4 Å². The molecule has 3 nitrogen and oxygen atoms in total. The molecule has 0 N–H and O–H groups in total. The highest BCUT2D eigenvalue weighted by atomic mass is 15.3. The molecule has 15 heavy (non-hydrogen) atoms. The summed E-state index contributed by atoms with van der Waals surface area (Å²) in [5.41, 5.74) is 0.765. The second-order valence-corrected chi connectivity index (χ2v) is 4.61. The molecule has 0 amide bonds. The Kier molecular flexibility index (Phi) is 3.15. The Hall–Kier alpha value is -0.765. The minimum absolute atomic E-state index is 0.539. The third-order valence-electron chi connectivity index (χ3n) is 3.22. The van der Waals surface area contributed by atoms with Crippen LogP contribution in [0.2, 0.25) is 0 Å². The summed E-state index contributed by atoms with van der Waals surface area (Å²) in [5.74, 6) is 0. The molecule has 0 aromatic carbocycles. The lowest BCUT2D eigenvalue weighted by molar-refractivity contribution is 0.147. The zero-order chi connectivity index (χ0) is 10.8. The molecule has 0 aliphatic carbocycles. The normalized spacial score (nSPS) is 19.9. The summed E-state index contributed by atoms with van der Waals surface area (Å²) >= 11 is 0. The molecule has 2 rings (SSSR count). The molecule has 1 aromatic heterocycles. The van der Waals surface area contributed by atoms with Crippen LogP contribution in [0.5, 0.6) is 0 Å². The van der Waals surface area contributed by atoms with E-state index in [1.165, 1.54) is 25.9 Å². The number of likely N-dealkylation sites (tertiary alicyclic amines) is 1. The number of nitrogens with zero attached hydrogens (tertiary/aromatic N) is 3. The molecular weight excluding hydrogens is 185 g/mol. The largest absolute Gasteiger partial charge is 0.301 e. The molecule has 2 heterocycles. The monoisotopic (exact) mass is 203 g/mol. The summed E-state index contributed by atoms with van der Waals surface area (Å²) in [6, 6.07) is 1.20. The van der Waals surface area contributed by atoms with Crippen LogP contribution in [0, 0.1) is 0 Å². The first-order chi connectivity index (χ1) is 7.16. The maximum Gasteiger partial charge on any atom is 0.118 e. The van der Waals surface area contributed by atoms with Gasteiger partial charge in [0.2, 0.25) is 0 Å². The van der Waals surface area contributed by atoms with Crippen LogP contribution in [0.15, 0.2) is 12.4 Å². The van der Waals surface area contributed by atoms with E-state index in [-0.39, 0.29) is 0 Å². The molecule has 0 saturated carbocycles. The molecule has 1 aromatic rings. The molecule has 4 heteroatoms. The lowest BCUT2D eigenvalue weighted by Crippen LogP contribution is -2.39. The van der Waals surface area contributed by atoms with E-state index < -0.39 is 0 Å². The zero-order valence-electron chi connectivity index (χ0n) is 9.56. The third-order valence-corrected chi connectivity index (χ3v) is 3.22. The number of aromatic nitrogens is 2. The summed E-state index contributed by atoms with van der Waals surface area (Å²) in [4.78, 5) is 2.52. The number of rotatable bonds is 2. The van der Waals surface area contributed by atoms with E-state index in [4.69, 9.17) is 7.85 Å². The topological polar surface area (TPSA) is 21.1 Å². The van der Waals surface area contributed by atoms with E-state index in [1.54, 1.807) is 6.20 Å². The predicted molar refractivity (Wildman–Crippen MR) is 62.6 cm³/mol. The van der Waals surface area contributed by atoms with Crippen molar-refractivity contribution in [2.45, 2.75) is 38.8 Å². The molecule has 1 fully saturated rings. The second kappa shape index (κ2) is 4.39. The standard InChI is InChI=1S/C11H18BN3/c1-9(2)14-5-3-11(4-6-14)15-8-10(12)7-13-15/h7-9,11H,3-6H2,1-2H3. The van der Waals surface area contributed by atoms with Crippen molar-refractivity contribution >= 4 is 13.3 Å². The van der Waals surface area contributed by atoms with Crippen LogP contribution in [-0.4, -0.2) is 41.7 Å². The van der Waals surface area contributed by atoms with Gasteiger partial charge in [-0.05, 0) is 26.7 Å². The Labute approximate surface area is 92.9 Å². The summed E-state index contributed by atoms with van der Waals surface area (Å²) < 4.78 is 2.02. The molecule has 1 aliphatic heterocycles. The van der Waals surface area contributed by atoms with Gasteiger partial charge in [-0.15, -0.1) is 0 Å². The molecular formula is C11H18BN3. The Morgan fingerprint density at radius 2 is 2.07 bits per heavy atom. The fourth-order valence-corrected chi connectivity index (χ4v) is 2.22. The van der Waals surface area contributed by atoms with Crippen LogP contribution < -0.4 is 5.46 Å². The van der Waals surface area contributed by atoms with Crippen molar-refractivity contribution < 1.29 is 0 Å². The average Bonchev–Trinajstić information content (AvgIpc) is 2.65. The van der Waals surface area contributed by atoms with Gasteiger partial charge in [-0.3, -0.25) is 4.68 Å². The van der Waals surface area contributed by atoms with Crippen LogP contribution in [0.3, 0.4) is 0 Å². The zero-order valence-corrected chi connectivity index (χ0v) is 9.56. The van der Waals surface area contributed by atoms with E-state index in [0.29, 0.717) is 12.1 Å². The first-order valence-corrected chi connectivity index (χ1v) is 5.70. The number of hydrogen-bond donors (Lipinski definition) is 0. The van der Waals surface area contributed by atoms with E-state index in [0.717, 1.165) is 5.46 Å². The Bertz CT molecular complexity index is 313. The molecule has 1 aliphatic rings. The molecule has 2 radical (unpaired) electrons. The Morgan fingerprint density at radius 1 is 1.40 bits per heavy atom. The lowest BCUT2D eigenvalue weighted by Gasteiger charge is -2.34. The highest BCUT2D eigenvalue weighted by molar-refractivity contribution is 6.31. The first kappa shape index (κ1) is 10.7. The van der Waals surface area contributed by atoms with Crippen molar-refractivity contribution in [2.24, 2.45) is 0 Å². The summed E-state index contributed by atoms with van der Waals surface area (Å²) in [6.45, 7) is 6.85. The van der Waals surface area contributed by atoms with E-state index in [1.807, 2.05) is 10.9 Å². The minimum Gasteiger partial charge on any atom is -0.301 e. The van der Waals surface area contributed by atoms with Gasteiger partial charge >= 0.3 is 0 Å². The van der Waals surface area contributed by atoms with Crippen molar-refractivity contribution in [2.75, 3.05) is 13.1 Å². The van der Waals surface area contributed by atoms with Gasteiger partial charge in [0.15, 0.2) is 0 Å². The van der Waals surface area contributed by atoms with Gasteiger partial charge in [-0.2, -0.15) is 5.10 Å². The predicted octanol–water partition coefficient (Wildman–Crippen LogP) is 0.722. The molecule has 0 atom stereocenters. The van der Waals surface area contributed by atoms with Crippen molar-refractivity contribution in [3.63, 3.8) is 0 Å². The van der Waals surface area contributed by atoms with Crippen molar-refractivity contribution in [1.82, 2.24) is 14.7 Å². The summed E-state index contributed by atoms with van der Waals surface area (Å²) in [6.07, 6.45) is 6.03. The van der Waals surface area contributed by atoms with Gasteiger partial charge in [0.05, 0.1) is 6.04 Å². The number of piperidine rings is 1. The Balaban J connectivity index is 1.93. The highest BCUT2D eigenvalue weighted by Crippen LogP contribution is 2.22. The maximum absolute atomic E-state index is 5.67. The quantitative estimate of drug-likeness (QED) is 0.660. The fraction of sp³-hybridized carbons (Fsp3) is 0.727. The summed E-state index contributed by atoms with van der Waals surface area (Å²) in [7, 11) is 5.67. The SMILES string of the molecule is [B]c1cnn(C2CCN(C(C)C)CC2)c1. The van der Waals surface area contributed by atoms with Crippen LogP contribution in [0.1, 0.15) is 32.7 Å². The van der Waals surface area contributed by atoms with Gasteiger partial charge in [-0.1, -0.05) is 5.46 Å². The highest BCUT2D eigenvalue weighted by Gasteiger charge is 2.21. The third kappa shape index (κ3) is 2.43. The summed E-state index contributed by atoms with van der Waals surface area (Å²) in [5, 5.41) is 4.28. The lowest BCUT2D eigenvalue weighted by atomic mass is 10.0. The molecule has 1 saturated heterocycles. The van der Waals surface area contributed by atoms with E-state index in [9.17, 15) is 0 Å².